The predicted molar refractivity (Wildman–Crippen MR) is 183 cm³/mol. The molecule has 10 heteroatoms. The molecule has 2 aliphatic heterocycles. The molecular weight excluding hydrogens is 604 g/mol. The quantitative estimate of drug-likeness (QED) is 0.218. The number of amides is 2. The average molecular weight is 649 g/mol. The second-order valence-electron chi connectivity index (χ2n) is 15.2. The maximum Gasteiger partial charge on any atom is 0.411 e. The SMILES string of the molecule is CC(C)(C)OC(=O)N1CCC[C@H]1c1nc(-c2ccc(C#Cc3ccc4[nH]c([C@@H]5[C@H]6CC[C@H](C6)N5C(=O)OC(C)(C)C)nc4c3)cc2)c[nH]1. The van der Waals surface area contributed by atoms with E-state index in [1.165, 1.54) is 0 Å². The standard InChI is InChI=1S/C38H44N6O4/c1-37(2,3)47-35(45)43-19-7-8-31(43)33-39-22-30(42-33)25-14-11-23(12-15-25)9-10-24-13-18-28-29(20-24)41-34(40-28)32-26-16-17-27(21-26)44(32)36(46)48-38(4,5)6/h11-15,18,20,22,26-27,31-32H,7-8,16-17,19,21H2,1-6H3,(H,39,42)(H,40,41)/t26-,27+,31-,32-/m0/s1. The van der Waals surface area contributed by atoms with E-state index in [-0.39, 0.29) is 30.3 Å². The number of nitrogens with one attached hydrogen (secondary N) is 2. The number of nitrogens with zero attached hydrogens (tertiary/aromatic N) is 4. The van der Waals surface area contributed by atoms with Crippen molar-refractivity contribution in [2.24, 2.45) is 5.92 Å². The molecular formula is C38H44N6O4. The van der Waals surface area contributed by atoms with Crippen molar-refractivity contribution in [3.63, 3.8) is 0 Å². The molecule has 250 valence electrons. The van der Waals surface area contributed by atoms with Crippen LogP contribution in [0.25, 0.3) is 22.3 Å². The van der Waals surface area contributed by atoms with Crippen molar-refractivity contribution in [3.05, 3.63) is 71.4 Å². The van der Waals surface area contributed by atoms with Crippen molar-refractivity contribution in [1.82, 2.24) is 29.7 Å². The first-order valence-electron chi connectivity index (χ1n) is 17.0. The first-order chi connectivity index (χ1) is 22.8. The number of carbonyl (C=O) groups is 2. The molecule has 4 aromatic rings. The Morgan fingerprint density at radius 3 is 2.31 bits per heavy atom. The van der Waals surface area contributed by atoms with Gasteiger partial charge >= 0.3 is 12.2 Å². The van der Waals surface area contributed by atoms with E-state index in [1.807, 2.05) is 95.1 Å². The Labute approximate surface area is 281 Å². The Hall–Kier alpha value is -4.78. The van der Waals surface area contributed by atoms with Crippen LogP contribution in [0.15, 0.2) is 48.7 Å². The summed E-state index contributed by atoms with van der Waals surface area (Å²) in [5.41, 5.74) is 4.22. The number of fused-ring (bicyclic) bond motifs is 3. The van der Waals surface area contributed by atoms with Crippen molar-refractivity contribution in [2.75, 3.05) is 6.54 Å². The van der Waals surface area contributed by atoms with E-state index in [0.29, 0.717) is 12.5 Å². The summed E-state index contributed by atoms with van der Waals surface area (Å²) in [5, 5.41) is 0. The van der Waals surface area contributed by atoms with Gasteiger partial charge in [0.05, 0.1) is 28.8 Å². The highest BCUT2D eigenvalue weighted by Crippen LogP contribution is 2.50. The monoisotopic (exact) mass is 648 g/mol. The van der Waals surface area contributed by atoms with Gasteiger partial charge in [0.25, 0.3) is 0 Å². The van der Waals surface area contributed by atoms with Gasteiger partial charge in [-0.15, -0.1) is 0 Å². The van der Waals surface area contributed by atoms with E-state index < -0.39 is 11.2 Å². The lowest BCUT2D eigenvalue weighted by Crippen LogP contribution is -2.43. The first-order valence-corrected chi connectivity index (χ1v) is 17.0. The largest absolute Gasteiger partial charge is 0.444 e. The van der Waals surface area contributed by atoms with E-state index in [2.05, 4.69) is 21.8 Å². The highest BCUT2D eigenvalue weighted by Gasteiger charge is 2.51. The Balaban J connectivity index is 1.04. The Bertz CT molecular complexity index is 1900. The molecule has 10 nitrogen and oxygen atoms in total. The van der Waals surface area contributed by atoms with Gasteiger partial charge in [-0.2, -0.15) is 0 Å². The molecule has 2 bridgehead atoms. The maximum atomic E-state index is 13.2. The van der Waals surface area contributed by atoms with Crippen LogP contribution in [-0.2, 0) is 9.47 Å². The number of likely N-dealkylation sites (tertiary alicyclic amines) is 2. The Morgan fingerprint density at radius 2 is 1.56 bits per heavy atom. The molecule has 2 N–H and O–H groups in total. The molecule has 1 aliphatic carbocycles. The normalized spacial score (nSPS) is 22.2. The van der Waals surface area contributed by atoms with Crippen LogP contribution < -0.4 is 0 Å². The van der Waals surface area contributed by atoms with Crippen LogP contribution in [0.2, 0.25) is 0 Å². The summed E-state index contributed by atoms with van der Waals surface area (Å²) < 4.78 is 11.4. The van der Waals surface area contributed by atoms with Gasteiger partial charge in [-0.1, -0.05) is 24.0 Å². The zero-order valence-corrected chi connectivity index (χ0v) is 28.6. The van der Waals surface area contributed by atoms with Gasteiger partial charge < -0.3 is 19.4 Å². The zero-order chi connectivity index (χ0) is 33.8. The van der Waals surface area contributed by atoms with E-state index in [9.17, 15) is 9.59 Å². The minimum atomic E-state index is -0.546. The third-order valence-corrected chi connectivity index (χ3v) is 9.30. The van der Waals surface area contributed by atoms with Gasteiger partial charge in [-0.05, 0) is 110 Å². The molecule has 0 spiro atoms. The summed E-state index contributed by atoms with van der Waals surface area (Å²) in [6.07, 6.45) is 6.18. The topological polar surface area (TPSA) is 116 Å². The fourth-order valence-electron chi connectivity index (χ4n) is 7.27. The second kappa shape index (κ2) is 12.0. The number of piperidine rings is 1. The van der Waals surface area contributed by atoms with Crippen molar-refractivity contribution < 1.29 is 19.1 Å². The summed E-state index contributed by atoms with van der Waals surface area (Å²) in [5.74, 6) is 8.53. The van der Waals surface area contributed by atoms with Crippen molar-refractivity contribution in [3.8, 4) is 23.1 Å². The third-order valence-electron chi connectivity index (χ3n) is 9.30. The van der Waals surface area contributed by atoms with Crippen LogP contribution >= 0.6 is 0 Å². The minimum absolute atomic E-state index is 0.105. The fraction of sp³-hybridized carbons (Fsp3) is 0.474. The van der Waals surface area contributed by atoms with Crippen molar-refractivity contribution in [2.45, 2.75) is 103 Å². The fourth-order valence-corrected chi connectivity index (χ4v) is 7.27. The number of aromatic nitrogens is 4. The number of ether oxygens (including phenoxy) is 2. The Kier molecular flexibility index (Phi) is 7.97. The molecule has 2 aromatic heterocycles. The third kappa shape index (κ3) is 6.51. The maximum absolute atomic E-state index is 13.2. The van der Waals surface area contributed by atoms with Gasteiger partial charge in [0.1, 0.15) is 22.9 Å². The van der Waals surface area contributed by atoms with Gasteiger partial charge in [0.15, 0.2) is 0 Å². The number of benzene rings is 2. The van der Waals surface area contributed by atoms with Gasteiger partial charge in [-0.3, -0.25) is 9.80 Å². The predicted octanol–water partition coefficient (Wildman–Crippen LogP) is 7.89. The van der Waals surface area contributed by atoms with E-state index in [1.54, 1.807) is 4.90 Å². The van der Waals surface area contributed by atoms with E-state index >= 15 is 0 Å². The van der Waals surface area contributed by atoms with Crippen LogP contribution in [0.4, 0.5) is 9.59 Å². The summed E-state index contributed by atoms with van der Waals surface area (Å²) in [6.45, 7) is 12.0. The van der Waals surface area contributed by atoms with E-state index in [4.69, 9.17) is 19.4 Å². The molecule has 4 heterocycles. The molecule has 0 unspecified atom stereocenters. The Morgan fingerprint density at radius 1 is 0.854 bits per heavy atom. The number of imidazole rings is 2. The summed E-state index contributed by atoms with van der Waals surface area (Å²) in [4.78, 5) is 46.2. The summed E-state index contributed by atoms with van der Waals surface area (Å²) >= 11 is 0. The highest BCUT2D eigenvalue weighted by atomic mass is 16.6. The molecule has 2 amide bonds. The lowest BCUT2D eigenvalue weighted by atomic mass is 9.98. The lowest BCUT2D eigenvalue weighted by Gasteiger charge is -2.35. The average Bonchev–Trinajstić information content (AvgIpc) is 3.85. The molecule has 2 saturated heterocycles. The van der Waals surface area contributed by atoms with Gasteiger partial charge in [0.2, 0.25) is 0 Å². The molecule has 1 saturated carbocycles. The molecule has 4 atom stereocenters. The molecule has 3 aliphatic rings. The number of hydrogen-bond acceptors (Lipinski definition) is 6. The second-order valence-corrected chi connectivity index (χ2v) is 15.2. The van der Waals surface area contributed by atoms with Crippen LogP contribution in [-0.4, -0.2) is 65.7 Å². The van der Waals surface area contributed by atoms with Crippen molar-refractivity contribution in [1.29, 1.82) is 0 Å². The van der Waals surface area contributed by atoms with Gasteiger partial charge in [0, 0.05) is 35.5 Å². The van der Waals surface area contributed by atoms with Crippen LogP contribution in [0, 0.1) is 17.8 Å². The molecule has 2 aromatic carbocycles. The summed E-state index contributed by atoms with van der Waals surface area (Å²) in [7, 11) is 0. The number of hydrogen-bond donors (Lipinski definition) is 2. The molecule has 7 rings (SSSR count). The number of carbonyl (C=O) groups excluding carboxylic acids is 2. The number of aromatic amines is 2. The van der Waals surface area contributed by atoms with Crippen molar-refractivity contribution >= 4 is 23.2 Å². The molecule has 0 radical (unpaired) electrons. The van der Waals surface area contributed by atoms with Crippen LogP contribution in [0.5, 0.6) is 0 Å². The minimum Gasteiger partial charge on any atom is -0.444 e. The number of rotatable bonds is 3. The van der Waals surface area contributed by atoms with Crippen LogP contribution in [0.1, 0.15) is 109 Å². The van der Waals surface area contributed by atoms with Crippen LogP contribution in [0.3, 0.4) is 0 Å². The first kappa shape index (κ1) is 31.8. The zero-order valence-electron chi connectivity index (χ0n) is 28.6. The summed E-state index contributed by atoms with van der Waals surface area (Å²) in [6, 6.07) is 14.0. The highest BCUT2D eigenvalue weighted by molar-refractivity contribution is 5.78. The molecule has 3 fully saturated rings. The number of H-pyrrole nitrogens is 2. The lowest BCUT2D eigenvalue weighted by molar-refractivity contribution is 0.00616. The van der Waals surface area contributed by atoms with Gasteiger partial charge in [-0.25, -0.2) is 19.6 Å². The smallest absolute Gasteiger partial charge is 0.411 e. The molecule has 48 heavy (non-hydrogen) atoms. The van der Waals surface area contributed by atoms with E-state index in [0.717, 1.165) is 77.2 Å².